The van der Waals surface area contributed by atoms with E-state index in [1.807, 2.05) is 0 Å². The largest absolute Gasteiger partial charge is 0.376 e. The molecule has 4 nitrogen and oxygen atoms in total. The van der Waals surface area contributed by atoms with Crippen LogP contribution in [-0.4, -0.2) is 19.8 Å². The van der Waals surface area contributed by atoms with E-state index in [0.29, 0.717) is 5.69 Å². The third kappa shape index (κ3) is 2.68. The Morgan fingerprint density at radius 2 is 2.00 bits per heavy atom. The summed E-state index contributed by atoms with van der Waals surface area (Å²) in [7, 11) is -3.26. The average molecular weight is 230 g/mol. The molecule has 14 heavy (non-hydrogen) atoms. The Hall–Kier alpha value is -1.14. The molecular weight excluding hydrogens is 220 g/mol. The second kappa shape index (κ2) is 3.93. The number of sulfone groups is 1. The summed E-state index contributed by atoms with van der Waals surface area (Å²) >= 11 is 4.63. The summed E-state index contributed by atoms with van der Waals surface area (Å²) in [6, 6.07) is 6.45. The molecule has 0 aliphatic rings. The van der Waals surface area contributed by atoms with Crippen LogP contribution in [0.2, 0.25) is 0 Å². The van der Waals surface area contributed by atoms with E-state index in [1.165, 1.54) is 6.07 Å². The molecule has 0 amide bonds. The lowest BCUT2D eigenvalue weighted by atomic mass is 10.3. The summed E-state index contributed by atoms with van der Waals surface area (Å²) in [5.74, 6) is 0. The quantitative estimate of drug-likeness (QED) is 0.733. The van der Waals surface area contributed by atoms with Gasteiger partial charge in [0.1, 0.15) is 0 Å². The third-order valence-electron chi connectivity index (χ3n) is 1.54. The van der Waals surface area contributed by atoms with Gasteiger partial charge >= 0.3 is 0 Å². The van der Waals surface area contributed by atoms with Crippen molar-refractivity contribution >= 4 is 32.9 Å². The summed E-state index contributed by atoms with van der Waals surface area (Å²) in [5, 5.41) is 2.65. The number of nitrogens with two attached hydrogens (primary N) is 1. The van der Waals surface area contributed by atoms with Crippen LogP contribution in [0, 0.1) is 0 Å². The zero-order valence-corrected chi connectivity index (χ0v) is 9.15. The lowest BCUT2D eigenvalue weighted by molar-refractivity contribution is 0.602. The van der Waals surface area contributed by atoms with Crippen molar-refractivity contribution in [2.75, 3.05) is 11.6 Å². The number of nitrogens with one attached hydrogen (secondary N) is 1. The first-order valence-corrected chi connectivity index (χ1v) is 6.07. The van der Waals surface area contributed by atoms with Crippen LogP contribution in [0.5, 0.6) is 0 Å². The molecule has 6 heteroatoms. The van der Waals surface area contributed by atoms with Gasteiger partial charge in [0.2, 0.25) is 0 Å². The highest BCUT2D eigenvalue weighted by Crippen LogP contribution is 2.19. The van der Waals surface area contributed by atoms with E-state index >= 15 is 0 Å². The van der Waals surface area contributed by atoms with Crippen molar-refractivity contribution in [1.29, 1.82) is 0 Å². The number of rotatable bonds is 2. The zero-order chi connectivity index (χ0) is 10.8. The minimum atomic E-state index is -3.26. The van der Waals surface area contributed by atoms with Gasteiger partial charge < -0.3 is 11.1 Å². The van der Waals surface area contributed by atoms with Crippen molar-refractivity contribution < 1.29 is 8.42 Å². The fourth-order valence-electron chi connectivity index (χ4n) is 1.03. The maximum atomic E-state index is 11.3. The van der Waals surface area contributed by atoms with Crippen LogP contribution in [0.4, 0.5) is 5.69 Å². The Bertz CT molecular complexity index is 454. The molecule has 0 aliphatic carbocycles. The smallest absolute Gasteiger partial charge is 0.177 e. The molecule has 0 atom stereocenters. The lowest BCUT2D eigenvalue weighted by Gasteiger charge is -2.08. The standard InChI is InChI=1S/C8H10N2O2S2/c1-14(11,12)7-5-3-2-4-6(7)10-8(9)13/h2-5H,1H3,(H3,9,10,13). The number of hydrogen-bond acceptors (Lipinski definition) is 3. The van der Waals surface area contributed by atoms with Crippen LogP contribution < -0.4 is 11.1 Å². The molecule has 3 N–H and O–H groups in total. The molecular formula is C8H10N2O2S2. The first kappa shape index (κ1) is 10.9. The topological polar surface area (TPSA) is 72.2 Å². The van der Waals surface area contributed by atoms with Gasteiger partial charge in [-0.1, -0.05) is 12.1 Å². The second-order valence-electron chi connectivity index (χ2n) is 2.76. The Labute approximate surface area is 88.0 Å². The molecule has 0 spiro atoms. The number of hydrogen-bond donors (Lipinski definition) is 2. The lowest BCUT2D eigenvalue weighted by Crippen LogP contribution is -2.20. The van der Waals surface area contributed by atoms with Crippen LogP contribution in [0.15, 0.2) is 29.2 Å². The molecule has 1 rings (SSSR count). The van der Waals surface area contributed by atoms with Crippen LogP contribution in [0.1, 0.15) is 0 Å². The monoisotopic (exact) mass is 230 g/mol. The fraction of sp³-hybridized carbons (Fsp3) is 0.125. The first-order chi connectivity index (χ1) is 6.41. The third-order valence-corrected chi connectivity index (χ3v) is 2.80. The summed E-state index contributed by atoms with van der Waals surface area (Å²) in [4.78, 5) is 0.188. The SMILES string of the molecule is CS(=O)(=O)c1ccccc1NC(N)=S. The van der Waals surface area contributed by atoms with Gasteiger partial charge in [0.15, 0.2) is 14.9 Å². The van der Waals surface area contributed by atoms with E-state index in [1.54, 1.807) is 18.2 Å². The van der Waals surface area contributed by atoms with E-state index in [9.17, 15) is 8.42 Å². The normalized spacial score (nSPS) is 10.9. The highest BCUT2D eigenvalue weighted by Gasteiger charge is 2.12. The van der Waals surface area contributed by atoms with Crippen molar-refractivity contribution in [1.82, 2.24) is 0 Å². The molecule has 0 radical (unpaired) electrons. The molecule has 0 saturated carbocycles. The number of thiocarbonyl (C=S) groups is 1. The van der Waals surface area contributed by atoms with Crippen molar-refractivity contribution in [3.8, 4) is 0 Å². The first-order valence-electron chi connectivity index (χ1n) is 3.77. The Morgan fingerprint density at radius 3 is 2.50 bits per heavy atom. The van der Waals surface area contributed by atoms with Gasteiger partial charge in [-0.25, -0.2) is 8.42 Å². The predicted molar refractivity (Wildman–Crippen MR) is 60.0 cm³/mol. The van der Waals surface area contributed by atoms with Crippen LogP contribution in [-0.2, 0) is 9.84 Å². The van der Waals surface area contributed by atoms with E-state index in [2.05, 4.69) is 17.5 Å². The molecule has 76 valence electrons. The molecule has 0 unspecified atom stereocenters. The summed E-state index contributed by atoms with van der Waals surface area (Å²) in [6.07, 6.45) is 1.13. The Morgan fingerprint density at radius 1 is 1.43 bits per heavy atom. The van der Waals surface area contributed by atoms with Crippen LogP contribution >= 0.6 is 12.2 Å². The molecule has 0 fully saturated rings. The van der Waals surface area contributed by atoms with E-state index in [-0.39, 0.29) is 10.0 Å². The number of para-hydroxylation sites is 1. The van der Waals surface area contributed by atoms with Gasteiger partial charge in [-0.2, -0.15) is 0 Å². The number of anilines is 1. The maximum Gasteiger partial charge on any atom is 0.177 e. The minimum absolute atomic E-state index is 0.0427. The molecule has 1 aromatic carbocycles. The van der Waals surface area contributed by atoms with Gasteiger partial charge in [0.25, 0.3) is 0 Å². The van der Waals surface area contributed by atoms with Gasteiger partial charge in [0.05, 0.1) is 10.6 Å². The van der Waals surface area contributed by atoms with Crippen molar-refractivity contribution in [2.45, 2.75) is 4.90 Å². The van der Waals surface area contributed by atoms with Crippen LogP contribution in [0.25, 0.3) is 0 Å². The summed E-state index contributed by atoms with van der Waals surface area (Å²) < 4.78 is 22.6. The zero-order valence-electron chi connectivity index (χ0n) is 7.52. The van der Waals surface area contributed by atoms with E-state index in [0.717, 1.165) is 6.26 Å². The minimum Gasteiger partial charge on any atom is -0.376 e. The Kier molecular flexibility index (Phi) is 3.07. The highest BCUT2D eigenvalue weighted by molar-refractivity contribution is 7.90. The molecule has 0 aromatic heterocycles. The summed E-state index contributed by atoms with van der Waals surface area (Å²) in [6.45, 7) is 0. The fourth-order valence-corrected chi connectivity index (χ4v) is 1.98. The van der Waals surface area contributed by atoms with Crippen molar-refractivity contribution in [3.05, 3.63) is 24.3 Å². The maximum absolute atomic E-state index is 11.3. The molecule has 0 aliphatic heterocycles. The molecule has 0 heterocycles. The van der Waals surface area contributed by atoms with Gasteiger partial charge in [-0.15, -0.1) is 0 Å². The average Bonchev–Trinajstić information content (AvgIpc) is 2.01. The molecule has 0 bridgehead atoms. The van der Waals surface area contributed by atoms with Crippen molar-refractivity contribution in [2.24, 2.45) is 5.73 Å². The molecule has 0 saturated heterocycles. The highest BCUT2D eigenvalue weighted by atomic mass is 32.2. The summed E-state index contributed by atoms with van der Waals surface area (Å²) in [5.41, 5.74) is 5.67. The van der Waals surface area contributed by atoms with Crippen molar-refractivity contribution in [3.63, 3.8) is 0 Å². The predicted octanol–water partition coefficient (Wildman–Crippen LogP) is 0.746. The van der Waals surface area contributed by atoms with E-state index < -0.39 is 9.84 Å². The van der Waals surface area contributed by atoms with Gasteiger partial charge in [0, 0.05) is 6.26 Å². The number of benzene rings is 1. The molecule has 1 aromatic rings. The second-order valence-corrected chi connectivity index (χ2v) is 5.18. The van der Waals surface area contributed by atoms with Gasteiger partial charge in [-0.3, -0.25) is 0 Å². The van der Waals surface area contributed by atoms with Gasteiger partial charge in [-0.05, 0) is 24.4 Å². The Balaban J connectivity index is 3.23. The van der Waals surface area contributed by atoms with E-state index in [4.69, 9.17) is 5.73 Å². The van der Waals surface area contributed by atoms with Crippen LogP contribution in [0.3, 0.4) is 0 Å².